The van der Waals surface area contributed by atoms with Crippen LogP contribution in [-0.2, 0) is 12.0 Å². The van der Waals surface area contributed by atoms with Crippen LogP contribution < -0.4 is 4.74 Å². The minimum absolute atomic E-state index is 0.134. The van der Waals surface area contributed by atoms with Gasteiger partial charge in [0.2, 0.25) is 0 Å². The number of hydrogen-bond donors (Lipinski definition) is 1. The van der Waals surface area contributed by atoms with E-state index in [-0.39, 0.29) is 11.5 Å². The number of aliphatic hydroxyl groups is 1. The van der Waals surface area contributed by atoms with Crippen LogP contribution in [0, 0.1) is 5.92 Å². The maximum absolute atomic E-state index is 10.3. The third-order valence-corrected chi connectivity index (χ3v) is 7.26. The maximum Gasteiger partial charge on any atom is 0.123 e. The molecule has 0 bridgehead atoms. The van der Waals surface area contributed by atoms with Gasteiger partial charge in [0.1, 0.15) is 12.4 Å². The van der Waals surface area contributed by atoms with Crippen LogP contribution in [0.5, 0.6) is 5.75 Å². The predicted octanol–water partition coefficient (Wildman–Crippen LogP) is 7.78. The molecule has 31 heavy (non-hydrogen) atoms. The quantitative estimate of drug-likeness (QED) is 0.396. The lowest BCUT2D eigenvalue weighted by molar-refractivity contribution is 0.0971. The van der Waals surface area contributed by atoms with Crippen LogP contribution in [0.4, 0.5) is 0 Å². The Morgan fingerprint density at radius 1 is 1.00 bits per heavy atom. The number of benzene rings is 2. The van der Waals surface area contributed by atoms with Crippen LogP contribution in [-0.4, -0.2) is 11.2 Å². The van der Waals surface area contributed by atoms with Gasteiger partial charge in [-0.3, -0.25) is 0 Å². The Morgan fingerprint density at radius 2 is 1.77 bits per heavy atom. The predicted molar refractivity (Wildman–Crippen MR) is 131 cm³/mol. The number of unbranched alkanes of at least 4 members (excludes halogenated alkanes) is 3. The van der Waals surface area contributed by atoms with Gasteiger partial charge in [-0.1, -0.05) is 95.8 Å². The Hall–Kier alpha value is -1.80. The highest BCUT2D eigenvalue weighted by Gasteiger charge is 2.31. The van der Waals surface area contributed by atoms with Crippen LogP contribution in [0.25, 0.3) is 0 Å². The third kappa shape index (κ3) is 6.59. The van der Waals surface area contributed by atoms with Crippen molar-refractivity contribution in [2.45, 2.75) is 103 Å². The van der Waals surface area contributed by atoms with E-state index in [0.29, 0.717) is 18.4 Å². The minimum Gasteiger partial charge on any atom is -0.489 e. The largest absolute Gasteiger partial charge is 0.489 e. The van der Waals surface area contributed by atoms with E-state index in [1.54, 1.807) is 0 Å². The third-order valence-electron chi connectivity index (χ3n) is 7.26. The van der Waals surface area contributed by atoms with E-state index in [4.69, 9.17) is 4.74 Å². The van der Waals surface area contributed by atoms with Gasteiger partial charge in [-0.2, -0.15) is 0 Å². The molecule has 0 aromatic heterocycles. The van der Waals surface area contributed by atoms with Crippen LogP contribution in [0.3, 0.4) is 0 Å². The summed E-state index contributed by atoms with van der Waals surface area (Å²) in [5.41, 5.74) is 3.95. The first-order chi connectivity index (χ1) is 14.9. The summed E-state index contributed by atoms with van der Waals surface area (Å²) in [6.07, 6.45) is 9.01. The second-order valence-electron chi connectivity index (χ2n) is 10.3. The summed E-state index contributed by atoms with van der Waals surface area (Å²) in [5, 5.41) is 10.3. The minimum atomic E-state index is -0.196. The summed E-state index contributed by atoms with van der Waals surface area (Å²) < 4.78 is 6.46. The fraction of sp³-hybridized carbons (Fsp3) is 0.586. The molecule has 170 valence electrons. The highest BCUT2D eigenvalue weighted by molar-refractivity contribution is 5.43. The smallest absolute Gasteiger partial charge is 0.123 e. The zero-order valence-electron chi connectivity index (χ0n) is 20.1. The Labute approximate surface area is 190 Å². The summed E-state index contributed by atoms with van der Waals surface area (Å²) >= 11 is 0. The molecule has 3 rings (SSSR count). The first-order valence-electron chi connectivity index (χ1n) is 12.4. The van der Waals surface area contributed by atoms with E-state index < -0.39 is 0 Å². The fourth-order valence-electron chi connectivity index (χ4n) is 4.99. The number of aliphatic hydroxyl groups excluding tert-OH is 1. The summed E-state index contributed by atoms with van der Waals surface area (Å²) in [6.45, 7) is 9.90. The summed E-state index contributed by atoms with van der Waals surface area (Å²) in [4.78, 5) is 0. The topological polar surface area (TPSA) is 29.5 Å². The Morgan fingerprint density at radius 3 is 2.52 bits per heavy atom. The van der Waals surface area contributed by atoms with E-state index in [0.717, 1.165) is 25.0 Å². The van der Waals surface area contributed by atoms with E-state index in [2.05, 4.69) is 70.2 Å². The van der Waals surface area contributed by atoms with E-state index in [1.165, 1.54) is 48.8 Å². The standard InChI is InChI=1S/C29H42O2/c1-5-6-7-11-18-29(3,4)24-15-17-26(27-20-25(30)16-14-22(27)2)28(19-24)31-21-23-12-9-8-10-13-23/h8-10,12-13,15,17,19,22,25,27,30H,5-7,11,14,16,18,20-21H2,1-4H3/t22-,25+,27-/m0/s1. The lowest BCUT2D eigenvalue weighted by Crippen LogP contribution is -2.25. The Bertz CT molecular complexity index is 796. The molecule has 0 saturated heterocycles. The average molecular weight is 423 g/mol. The molecule has 2 nitrogen and oxygen atoms in total. The molecule has 0 aliphatic heterocycles. The molecular formula is C29H42O2. The van der Waals surface area contributed by atoms with Crippen molar-refractivity contribution in [3.05, 3.63) is 65.2 Å². The Kier molecular flexibility index (Phi) is 8.60. The number of rotatable bonds is 10. The fourth-order valence-corrected chi connectivity index (χ4v) is 4.99. The van der Waals surface area contributed by atoms with Crippen molar-refractivity contribution in [1.29, 1.82) is 0 Å². The molecular weight excluding hydrogens is 380 g/mol. The molecule has 0 radical (unpaired) electrons. The molecule has 1 aliphatic carbocycles. The molecule has 1 saturated carbocycles. The van der Waals surface area contributed by atoms with Crippen molar-refractivity contribution in [2.75, 3.05) is 0 Å². The van der Waals surface area contributed by atoms with Crippen molar-refractivity contribution in [2.24, 2.45) is 5.92 Å². The van der Waals surface area contributed by atoms with Gasteiger partial charge >= 0.3 is 0 Å². The van der Waals surface area contributed by atoms with Crippen LogP contribution in [0.1, 0.15) is 102 Å². The zero-order valence-corrected chi connectivity index (χ0v) is 20.1. The molecule has 1 aliphatic rings. The molecule has 2 heteroatoms. The maximum atomic E-state index is 10.3. The van der Waals surface area contributed by atoms with Gasteiger partial charge in [0.15, 0.2) is 0 Å². The molecule has 2 aromatic rings. The van der Waals surface area contributed by atoms with Crippen molar-refractivity contribution in [3.63, 3.8) is 0 Å². The molecule has 0 amide bonds. The molecule has 1 N–H and O–H groups in total. The lowest BCUT2D eigenvalue weighted by Gasteiger charge is -2.34. The molecule has 3 atom stereocenters. The molecule has 0 unspecified atom stereocenters. The average Bonchev–Trinajstić information content (AvgIpc) is 2.77. The highest BCUT2D eigenvalue weighted by atomic mass is 16.5. The van der Waals surface area contributed by atoms with Gasteiger partial charge < -0.3 is 9.84 Å². The number of hydrogen-bond acceptors (Lipinski definition) is 2. The summed E-state index contributed by atoms with van der Waals surface area (Å²) in [6, 6.07) is 17.3. The lowest BCUT2D eigenvalue weighted by atomic mass is 9.73. The highest BCUT2D eigenvalue weighted by Crippen LogP contribution is 2.43. The van der Waals surface area contributed by atoms with Crippen LogP contribution in [0.2, 0.25) is 0 Å². The SMILES string of the molecule is CCCCCCC(C)(C)c1ccc([C@H]2C[C@H](O)CC[C@@H]2C)c(OCc2ccccc2)c1. The monoisotopic (exact) mass is 422 g/mol. The summed E-state index contributed by atoms with van der Waals surface area (Å²) in [5.74, 6) is 1.93. The Balaban J connectivity index is 1.85. The first kappa shape index (κ1) is 23.9. The summed E-state index contributed by atoms with van der Waals surface area (Å²) in [7, 11) is 0. The van der Waals surface area contributed by atoms with E-state index in [9.17, 15) is 5.11 Å². The van der Waals surface area contributed by atoms with Crippen LogP contribution >= 0.6 is 0 Å². The second kappa shape index (κ2) is 11.2. The molecule has 0 heterocycles. The molecule has 0 spiro atoms. The van der Waals surface area contributed by atoms with Crippen molar-refractivity contribution in [3.8, 4) is 5.75 Å². The van der Waals surface area contributed by atoms with Gasteiger partial charge in [-0.15, -0.1) is 0 Å². The normalized spacial score (nSPS) is 21.8. The van der Waals surface area contributed by atoms with Crippen molar-refractivity contribution < 1.29 is 9.84 Å². The van der Waals surface area contributed by atoms with E-state index >= 15 is 0 Å². The van der Waals surface area contributed by atoms with Crippen molar-refractivity contribution >= 4 is 0 Å². The first-order valence-corrected chi connectivity index (χ1v) is 12.4. The van der Waals surface area contributed by atoms with E-state index in [1.807, 2.05) is 6.07 Å². The van der Waals surface area contributed by atoms with Crippen LogP contribution in [0.15, 0.2) is 48.5 Å². The van der Waals surface area contributed by atoms with Gasteiger partial charge in [-0.05, 0) is 65.7 Å². The van der Waals surface area contributed by atoms with Gasteiger partial charge in [0, 0.05) is 0 Å². The second-order valence-corrected chi connectivity index (χ2v) is 10.3. The zero-order chi connectivity index (χ0) is 22.3. The van der Waals surface area contributed by atoms with Gasteiger partial charge in [0.25, 0.3) is 0 Å². The molecule has 1 fully saturated rings. The van der Waals surface area contributed by atoms with Gasteiger partial charge in [0.05, 0.1) is 6.10 Å². The molecule has 2 aromatic carbocycles. The number of ether oxygens (including phenoxy) is 1. The van der Waals surface area contributed by atoms with Gasteiger partial charge in [-0.25, -0.2) is 0 Å². The van der Waals surface area contributed by atoms with Crippen molar-refractivity contribution in [1.82, 2.24) is 0 Å².